The molecule has 0 aromatic carbocycles. The molecule has 2 rings (SSSR count). The van der Waals surface area contributed by atoms with Gasteiger partial charge in [-0.25, -0.2) is 9.97 Å². The van der Waals surface area contributed by atoms with E-state index < -0.39 is 0 Å². The molecule has 2 aromatic heterocycles. The van der Waals surface area contributed by atoms with Crippen LogP contribution in [0.4, 0.5) is 5.82 Å². The Bertz CT molecular complexity index is 473. The van der Waals surface area contributed by atoms with Crippen LogP contribution in [0.5, 0.6) is 0 Å². The summed E-state index contributed by atoms with van der Waals surface area (Å²) in [6.07, 6.45) is 1.74. The second kappa shape index (κ2) is 3.65. The molecule has 0 saturated heterocycles. The van der Waals surface area contributed by atoms with E-state index in [0.29, 0.717) is 11.6 Å². The maximum Gasteiger partial charge on any atom is 0.180 e. The SMILES string of the molecule is Cc1ccnc(-c2nc(C)cc(N)n2)c1. The van der Waals surface area contributed by atoms with Gasteiger partial charge in [-0.3, -0.25) is 4.98 Å². The van der Waals surface area contributed by atoms with Gasteiger partial charge in [-0.2, -0.15) is 0 Å². The summed E-state index contributed by atoms with van der Waals surface area (Å²) in [4.78, 5) is 12.7. The maximum atomic E-state index is 5.66. The highest BCUT2D eigenvalue weighted by molar-refractivity contribution is 5.52. The zero-order valence-corrected chi connectivity index (χ0v) is 8.73. The summed E-state index contributed by atoms with van der Waals surface area (Å²) in [6.45, 7) is 3.89. The summed E-state index contributed by atoms with van der Waals surface area (Å²) in [7, 11) is 0. The van der Waals surface area contributed by atoms with E-state index in [4.69, 9.17) is 5.73 Å². The number of nitrogen functional groups attached to an aromatic ring is 1. The average molecular weight is 200 g/mol. The number of rotatable bonds is 1. The molecular formula is C11H12N4. The van der Waals surface area contributed by atoms with Gasteiger partial charge in [0.25, 0.3) is 0 Å². The third kappa shape index (κ3) is 2.10. The number of aryl methyl sites for hydroxylation is 2. The molecule has 0 spiro atoms. The van der Waals surface area contributed by atoms with E-state index in [-0.39, 0.29) is 0 Å². The lowest BCUT2D eigenvalue weighted by Gasteiger charge is -2.02. The van der Waals surface area contributed by atoms with E-state index in [1.165, 1.54) is 0 Å². The fourth-order valence-electron chi connectivity index (χ4n) is 1.37. The summed E-state index contributed by atoms with van der Waals surface area (Å²) < 4.78 is 0. The Kier molecular flexibility index (Phi) is 2.33. The second-order valence-electron chi connectivity index (χ2n) is 3.48. The van der Waals surface area contributed by atoms with Crippen molar-refractivity contribution in [1.29, 1.82) is 0 Å². The lowest BCUT2D eigenvalue weighted by atomic mass is 10.2. The van der Waals surface area contributed by atoms with Gasteiger partial charge in [0, 0.05) is 18.0 Å². The third-order valence-corrected chi connectivity index (χ3v) is 2.02. The van der Waals surface area contributed by atoms with Crippen LogP contribution in [0.2, 0.25) is 0 Å². The zero-order chi connectivity index (χ0) is 10.8. The summed E-state index contributed by atoms with van der Waals surface area (Å²) in [5.74, 6) is 1.05. The van der Waals surface area contributed by atoms with Crippen molar-refractivity contribution in [3.8, 4) is 11.5 Å². The smallest absolute Gasteiger partial charge is 0.180 e. The van der Waals surface area contributed by atoms with Gasteiger partial charge in [0.2, 0.25) is 0 Å². The molecule has 0 aliphatic heterocycles. The van der Waals surface area contributed by atoms with Crippen LogP contribution in [-0.4, -0.2) is 15.0 Å². The maximum absolute atomic E-state index is 5.66. The molecule has 2 aromatic rings. The molecule has 4 nitrogen and oxygen atoms in total. The number of aromatic nitrogens is 3. The number of pyridine rings is 1. The van der Waals surface area contributed by atoms with Gasteiger partial charge in [0.15, 0.2) is 5.82 Å². The zero-order valence-electron chi connectivity index (χ0n) is 8.73. The Morgan fingerprint density at radius 1 is 1.13 bits per heavy atom. The highest BCUT2D eigenvalue weighted by Crippen LogP contribution is 2.14. The van der Waals surface area contributed by atoms with E-state index in [9.17, 15) is 0 Å². The number of anilines is 1. The molecule has 4 heteroatoms. The van der Waals surface area contributed by atoms with Gasteiger partial charge in [0.05, 0.1) is 0 Å². The fraction of sp³-hybridized carbons (Fsp3) is 0.182. The van der Waals surface area contributed by atoms with Crippen LogP contribution in [0.25, 0.3) is 11.5 Å². The van der Waals surface area contributed by atoms with Crippen molar-refractivity contribution in [1.82, 2.24) is 15.0 Å². The molecule has 2 heterocycles. The Hall–Kier alpha value is -1.97. The van der Waals surface area contributed by atoms with Gasteiger partial charge >= 0.3 is 0 Å². The Balaban J connectivity index is 2.54. The van der Waals surface area contributed by atoms with E-state index in [0.717, 1.165) is 17.0 Å². The van der Waals surface area contributed by atoms with E-state index in [2.05, 4.69) is 15.0 Å². The van der Waals surface area contributed by atoms with Crippen LogP contribution < -0.4 is 5.73 Å². The molecule has 0 unspecified atom stereocenters. The third-order valence-electron chi connectivity index (χ3n) is 2.02. The molecule has 0 aliphatic carbocycles. The van der Waals surface area contributed by atoms with Gasteiger partial charge < -0.3 is 5.73 Å². The van der Waals surface area contributed by atoms with Crippen LogP contribution in [-0.2, 0) is 0 Å². The van der Waals surface area contributed by atoms with Crippen molar-refractivity contribution in [2.45, 2.75) is 13.8 Å². The molecule has 0 atom stereocenters. The second-order valence-corrected chi connectivity index (χ2v) is 3.48. The van der Waals surface area contributed by atoms with Gasteiger partial charge in [0.1, 0.15) is 11.5 Å². The minimum atomic E-state index is 0.473. The van der Waals surface area contributed by atoms with Crippen molar-refractivity contribution in [3.05, 3.63) is 35.7 Å². The van der Waals surface area contributed by atoms with E-state index >= 15 is 0 Å². The molecule has 15 heavy (non-hydrogen) atoms. The van der Waals surface area contributed by atoms with Gasteiger partial charge in [-0.1, -0.05) is 0 Å². The van der Waals surface area contributed by atoms with Crippen LogP contribution in [0.1, 0.15) is 11.3 Å². The minimum Gasteiger partial charge on any atom is -0.384 e. The lowest BCUT2D eigenvalue weighted by molar-refractivity contribution is 1.09. The number of hydrogen-bond donors (Lipinski definition) is 1. The first-order chi connectivity index (χ1) is 7.15. The highest BCUT2D eigenvalue weighted by Gasteiger charge is 2.04. The molecule has 0 bridgehead atoms. The van der Waals surface area contributed by atoms with Crippen molar-refractivity contribution in [3.63, 3.8) is 0 Å². The highest BCUT2D eigenvalue weighted by atomic mass is 15.0. The van der Waals surface area contributed by atoms with E-state index in [1.807, 2.05) is 26.0 Å². The van der Waals surface area contributed by atoms with Gasteiger partial charge in [-0.05, 0) is 31.5 Å². The first kappa shape index (κ1) is 9.58. The molecule has 76 valence electrons. The number of nitrogens with zero attached hydrogens (tertiary/aromatic N) is 3. The molecule has 0 fully saturated rings. The topological polar surface area (TPSA) is 64.7 Å². The molecule has 2 N–H and O–H groups in total. The Labute approximate surface area is 88.2 Å². The summed E-state index contributed by atoms with van der Waals surface area (Å²) >= 11 is 0. The van der Waals surface area contributed by atoms with Crippen molar-refractivity contribution in [2.24, 2.45) is 0 Å². The average Bonchev–Trinajstić information content (AvgIpc) is 2.16. The largest absolute Gasteiger partial charge is 0.384 e. The molecular weight excluding hydrogens is 188 g/mol. The quantitative estimate of drug-likeness (QED) is 0.761. The Morgan fingerprint density at radius 2 is 1.93 bits per heavy atom. The fourth-order valence-corrected chi connectivity index (χ4v) is 1.37. The first-order valence-corrected chi connectivity index (χ1v) is 4.69. The number of hydrogen-bond acceptors (Lipinski definition) is 4. The predicted molar refractivity (Wildman–Crippen MR) is 59.1 cm³/mol. The molecule has 0 aliphatic rings. The summed E-state index contributed by atoms with van der Waals surface area (Å²) in [5, 5.41) is 0. The standard InChI is InChI=1S/C11H12N4/c1-7-3-4-13-9(5-7)11-14-8(2)6-10(12)15-11/h3-6H,1-2H3,(H2,12,14,15). The summed E-state index contributed by atoms with van der Waals surface area (Å²) in [6, 6.07) is 5.61. The van der Waals surface area contributed by atoms with Crippen LogP contribution in [0.3, 0.4) is 0 Å². The first-order valence-electron chi connectivity index (χ1n) is 4.69. The van der Waals surface area contributed by atoms with Crippen LogP contribution >= 0.6 is 0 Å². The van der Waals surface area contributed by atoms with Crippen molar-refractivity contribution >= 4 is 5.82 Å². The molecule has 0 amide bonds. The molecule has 0 radical (unpaired) electrons. The summed E-state index contributed by atoms with van der Waals surface area (Å²) in [5.41, 5.74) is 8.39. The molecule has 0 saturated carbocycles. The van der Waals surface area contributed by atoms with Gasteiger partial charge in [-0.15, -0.1) is 0 Å². The minimum absolute atomic E-state index is 0.473. The predicted octanol–water partition coefficient (Wildman–Crippen LogP) is 1.74. The van der Waals surface area contributed by atoms with Crippen molar-refractivity contribution in [2.75, 3.05) is 5.73 Å². The number of nitrogens with two attached hydrogens (primary N) is 1. The monoisotopic (exact) mass is 200 g/mol. The lowest BCUT2D eigenvalue weighted by Crippen LogP contribution is -1.98. The van der Waals surface area contributed by atoms with E-state index in [1.54, 1.807) is 12.3 Å². The normalized spacial score (nSPS) is 10.3. The van der Waals surface area contributed by atoms with Crippen LogP contribution in [0.15, 0.2) is 24.4 Å². The Morgan fingerprint density at radius 3 is 2.60 bits per heavy atom. The van der Waals surface area contributed by atoms with Crippen LogP contribution in [0, 0.1) is 13.8 Å². The van der Waals surface area contributed by atoms with Crippen molar-refractivity contribution < 1.29 is 0 Å².